The average Bonchev–Trinajstić information content (AvgIpc) is 2.50. The summed E-state index contributed by atoms with van der Waals surface area (Å²) in [5, 5.41) is 2.57. The molecule has 0 saturated carbocycles. The number of anilines is 1. The van der Waals surface area contributed by atoms with E-state index in [0.717, 1.165) is 26.2 Å². The van der Waals surface area contributed by atoms with Gasteiger partial charge in [-0.15, -0.1) is 0 Å². The molecule has 0 N–H and O–H groups in total. The van der Waals surface area contributed by atoms with E-state index in [4.69, 9.17) is 0 Å². The zero-order chi connectivity index (χ0) is 15.0. The highest BCUT2D eigenvalue weighted by Crippen LogP contribution is 2.09. The van der Waals surface area contributed by atoms with Gasteiger partial charge in [0.1, 0.15) is 0 Å². The second kappa shape index (κ2) is 8.60. The van der Waals surface area contributed by atoms with Gasteiger partial charge in [-0.1, -0.05) is 50.8 Å². The van der Waals surface area contributed by atoms with Crippen LogP contribution in [0, 0.1) is 0 Å². The molecule has 0 aliphatic carbocycles. The molecule has 1 aliphatic rings. The molecule has 1 aromatic carbocycles. The van der Waals surface area contributed by atoms with Gasteiger partial charge in [-0.3, -0.25) is 0 Å². The Hall–Kier alpha value is -1.54. The highest BCUT2D eigenvalue weighted by atomic mass is 15.2. The standard InChI is InChI=1S/C16H22N2.C2H6/c1-4-7-14-8-6-9-16(15(14)5-2)18-12-10-17(3)11-13-18;1-2/h4-9H,1,10-13H2,2-3H3;1-2H3/b14-7-,15-5+;. The minimum atomic E-state index is 1.11. The lowest BCUT2D eigenvalue weighted by Gasteiger charge is -2.34. The molecule has 1 aromatic rings. The maximum atomic E-state index is 3.79. The molecule has 0 bridgehead atoms. The van der Waals surface area contributed by atoms with Gasteiger partial charge in [0.05, 0.1) is 0 Å². The van der Waals surface area contributed by atoms with Gasteiger partial charge < -0.3 is 9.80 Å². The van der Waals surface area contributed by atoms with Crippen molar-refractivity contribution in [3.05, 3.63) is 41.3 Å². The zero-order valence-electron chi connectivity index (χ0n) is 13.4. The molecule has 20 heavy (non-hydrogen) atoms. The van der Waals surface area contributed by atoms with E-state index in [-0.39, 0.29) is 0 Å². The molecule has 0 unspecified atom stereocenters. The number of hydrogen-bond acceptors (Lipinski definition) is 2. The van der Waals surface area contributed by atoms with Crippen molar-refractivity contribution in [2.24, 2.45) is 0 Å². The Kier molecular flexibility index (Phi) is 7.10. The fourth-order valence-electron chi connectivity index (χ4n) is 2.48. The third-order valence-corrected chi connectivity index (χ3v) is 3.55. The van der Waals surface area contributed by atoms with Crippen LogP contribution in [0.1, 0.15) is 20.8 Å². The summed E-state index contributed by atoms with van der Waals surface area (Å²) in [5.74, 6) is 0. The normalized spacial score (nSPS) is 17.7. The molecular weight excluding hydrogens is 244 g/mol. The van der Waals surface area contributed by atoms with Crippen LogP contribution in [0.2, 0.25) is 0 Å². The lowest BCUT2D eigenvalue weighted by molar-refractivity contribution is 0.312. The monoisotopic (exact) mass is 272 g/mol. The summed E-state index contributed by atoms with van der Waals surface area (Å²) in [6.07, 6.45) is 6.13. The summed E-state index contributed by atoms with van der Waals surface area (Å²) in [5.41, 5.74) is 1.35. The molecule has 1 aliphatic heterocycles. The van der Waals surface area contributed by atoms with Crippen LogP contribution in [0.3, 0.4) is 0 Å². The van der Waals surface area contributed by atoms with Gasteiger partial charge in [0.25, 0.3) is 0 Å². The fraction of sp³-hybridized carbons (Fsp3) is 0.444. The molecule has 0 spiro atoms. The Morgan fingerprint density at radius 1 is 1.10 bits per heavy atom. The van der Waals surface area contributed by atoms with Crippen LogP contribution in [0.4, 0.5) is 5.69 Å². The maximum absolute atomic E-state index is 3.79. The third-order valence-electron chi connectivity index (χ3n) is 3.55. The Morgan fingerprint density at radius 2 is 1.75 bits per heavy atom. The van der Waals surface area contributed by atoms with Crippen LogP contribution in [-0.2, 0) is 0 Å². The highest BCUT2D eigenvalue weighted by Gasteiger charge is 2.14. The number of piperazine rings is 1. The maximum Gasteiger partial charge on any atom is 0.0443 e. The highest BCUT2D eigenvalue weighted by molar-refractivity contribution is 5.54. The van der Waals surface area contributed by atoms with Crippen molar-refractivity contribution in [3.8, 4) is 0 Å². The minimum Gasteiger partial charge on any atom is -0.368 e. The van der Waals surface area contributed by atoms with Gasteiger partial charge in [0.2, 0.25) is 0 Å². The quantitative estimate of drug-likeness (QED) is 0.814. The lowest BCUT2D eigenvalue weighted by Crippen LogP contribution is -2.47. The smallest absolute Gasteiger partial charge is 0.0443 e. The van der Waals surface area contributed by atoms with Crippen molar-refractivity contribution >= 4 is 17.8 Å². The van der Waals surface area contributed by atoms with E-state index in [2.05, 4.69) is 60.7 Å². The van der Waals surface area contributed by atoms with E-state index >= 15 is 0 Å². The number of benzene rings is 1. The summed E-state index contributed by atoms with van der Waals surface area (Å²) < 4.78 is 0. The summed E-state index contributed by atoms with van der Waals surface area (Å²) in [6, 6.07) is 6.51. The number of allylic oxidation sites excluding steroid dienone is 1. The molecule has 1 heterocycles. The molecule has 0 aromatic heterocycles. The fourth-order valence-corrected chi connectivity index (χ4v) is 2.48. The Morgan fingerprint density at radius 3 is 2.30 bits per heavy atom. The summed E-state index contributed by atoms with van der Waals surface area (Å²) in [6.45, 7) is 14.4. The molecule has 0 amide bonds. The minimum absolute atomic E-state index is 1.11. The summed E-state index contributed by atoms with van der Waals surface area (Å²) >= 11 is 0. The van der Waals surface area contributed by atoms with Gasteiger partial charge in [0, 0.05) is 37.1 Å². The van der Waals surface area contributed by atoms with Gasteiger partial charge in [-0.2, -0.15) is 0 Å². The molecule has 2 nitrogen and oxygen atoms in total. The van der Waals surface area contributed by atoms with Gasteiger partial charge in [-0.25, -0.2) is 0 Å². The molecule has 0 radical (unpaired) electrons. The van der Waals surface area contributed by atoms with Crippen LogP contribution in [0.25, 0.3) is 12.2 Å². The predicted molar refractivity (Wildman–Crippen MR) is 91.6 cm³/mol. The number of nitrogens with zero attached hydrogens (tertiary/aromatic N) is 2. The van der Waals surface area contributed by atoms with Crippen molar-refractivity contribution in [1.29, 1.82) is 0 Å². The molecule has 1 saturated heterocycles. The zero-order valence-corrected chi connectivity index (χ0v) is 13.4. The van der Waals surface area contributed by atoms with Crippen molar-refractivity contribution in [1.82, 2.24) is 4.90 Å². The molecule has 2 heteroatoms. The molecule has 0 atom stereocenters. The average molecular weight is 272 g/mol. The van der Waals surface area contributed by atoms with E-state index in [1.165, 1.54) is 16.1 Å². The molecule has 2 rings (SSSR count). The van der Waals surface area contributed by atoms with Crippen molar-refractivity contribution in [3.63, 3.8) is 0 Å². The van der Waals surface area contributed by atoms with Crippen molar-refractivity contribution < 1.29 is 0 Å². The summed E-state index contributed by atoms with van der Waals surface area (Å²) in [4.78, 5) is 4.86. The van der Waals surface area contributed by atoms with Crippen LogP contribution in [-0.4, -0.2) is 38.1 Å². The van der Waals surface area contributed by atoms with Crippen LogP contribution >= 0.6 is 0 Å². The van der Waals surface area contributed by atoms with E-state index in [0.29, 0.717) is 0 Å². The first-order chi connectivity index (χ1) is 9.76. The van der Waals surface area contributed by atoms with Crippen LogP contribution < -0.4 is 15.3 Å². The molecule has 110 valence electrons. The predicted octanol–water partition coefficient (Wildman–Crippen LogP) is 2.23. The van der Waals surface area contributed by atoms with Crippen molar-refractivity contribution in [2.75, 3.05) is 38.1 Å². The number of hydrogen-bond donors (Lipinski definition) is 0. The SMILES string of the molecule is C=C/C=c1/cccc(N2CCN(C)CC2)/c1=C/C.CC. The van der Waals surface area contributed by atoms with Crippen molar-refractivity contribution in [2.45, 2.75) is 20.8 Å². The number of rotatable bonds is 2. The van der Waals surface area contributed by atoms with Gasteiger partial charge in [-0.05, 0) is 25.3 Å². The first kappa shape index (κ1) is 16.5. The first-order valence-electron chi connectivity index (χ1n) is 7.58. The summed E-state index contributed by atoms with van der Waals surface area (Å²) in [7, 11) is 2.19. The molecule has 1 fully saturated rings. The topological polar surface area (TPSA) is 6.48 Å². The second-order valence-electron chi connectivity index (χ2n) is 4.76. The van der Waals surface area contributed by atoms with Crippen LogP contribution in [0.5, 0.6) is 0 Å². The third kappa shape index (κ3) is 3.97. The largest absolute Gasteiger partial charge is 0.368 e. The van der Waals surface area contributed by atoms with E-state index in [9.17, 15) is 0 Å². The first-order valence-corrected chi connectivity index (χ1v) is 7.58. The van der Waals surface area contributed by atoms with Crippen LogP contribution in [0.15, 0.2) is 30.9 Å². The molecular formula is C18H28N2. The van der Waals surface area contributed by atoms with E-state index < -0.39 is 0 Å². The van der Waals surface area contributed by atoms with Gasteiger partial charge in [0.15, 0.2) is 0 Å². The van der Waals surface area contributed by atoms with Gasteiger partial charge >= 0.3 is 0 Å². The Labute approximate surface area is 123 Å². The van der Waals surface area contributed by atoms with E-state index in [1.807, 2.05) is 19.9 Å². The van der Waals surface area contributed by atoms with E-state index in [1.54, 1.807) is 0 Å². The Balaban J connectivity index is 0.000000956. The second-order valence-corrected chi connectivity index (χ2v) is 4.76. The number of likely N-dealkylation sites (N-methyl/N-ethyl adjacent to an activating group) is 1. The lowest BCUT2D eigenvalue weighted by atomic mass is 10.1. The Bertz CT molecular complexity index is 523.